The molecule has 2 fully saturated rings. The first-order chi connectivity index (χ1) is 10.5. The van der Waals surface area contributed by atoms with Gasteiger partial charge in [-0.1, -0.05) is 29.8 Å². The Balaban J connectivity index is 1.56. The Hall–Kier alpha value is -1.84. The largest absolute Gasteiger partial charge is 0.481 e. The SMILES string of the molecule is Cc1ccc(CC2CCCN(C(=O)C3CC3C(=O)O)C2)cc1. The van der Waals surface area contributed by atoms with E-state index in [0.717, 1.165) is 32.4 Å². The quantitative estimate of drug-likeness (QED) is 0.929. The van der Waals surface area contributed by atoms with Crippen LogP contribution in [-0.2, 0) is 16.0 Å². The Morgan fingerprint density at radius 3 is 2.59 bits per heavy atom. The minimum atomic E-state index is -0.827. The Labute approximate surface area is 131 Å². The number of nitrogens with zero attached hydrogens (tertiary/aromatic N) is 1. The van der Waals surface area contributed by atoms with Crippen LogP contribution < -0.4 is 0 Å². The number of aryl methyl sites for hydroxylation is 1. The van der Waals surface area contributed by atoms with Crippen molar-refractivity contribution in [1.82, 2.24) is 4.90 Å². The van der Waals surface area contributed by atoms with Gasteiger partial charge in [-0.05, 0) is 44.1 Å². The monoisotopic (exact) mass is 301 g/mol. The summed E-state index contributed by atoms with van der Waals surface area (Å²) in [6, 6.07) is 8.58. The second kappa shape index (κ2) is 6.11. The lowest BCUT2D eigenvalue weighted by molar-refractivity contribution is -0.142. The third kappa shape index (κ3) is 3.32. The molecule has 0 radical (unpaired) electrons. The van der Waals surface area contributed by atoms with Crippen LogP contribution in [0.1, 0.15) is 30.4 Å². The Kier molecular flexibility index (Phi) is 4.19. The highest BCUT2D eigenvalue weighted by molar-refractivity contribution is 5.89. The van der Waals surface area contributed by atoms with Gasteiger partial charge in [0.25, 0.3) is 0 Å². The van der Waals surface area contributed by atoms with Crippen LogP contribution in [0, 0.1) is 24.7 Å². The lowest BCUT2D eigenvalue weighted by Gasteiger charge is -2.33. The number of aliphatic carboxylic acids is 1. The van der Waals surface area contributed by atoms with E-state index in [1.54, 1.807) is 0 Å². The maximum atomic E-state index is 12.4. The summed E-state index contributed by atoms with van der Waals surface area (Å²) in [7, 11) is 0. The molecule has 1 aromatic carbocycles. The third-order valence-corrected chi connectivity index (χ3v) is 4.90. The summed E-state index contributed by atoms with van der Waals surface area (Å²) in [5.41, 5.74) is 2.58. The highest BCUT2D eigenvalue weighted by atomic mass is 16.4. The predicted molar refractivity (Wildman–Crippen MR) is 83.4 cm³/mol. The molecular weight excluding hydrogens is 278 g/mol. The van der Waals surface area contributed by atoms with E-state index >= 15 is 0 Å². The molecule has 0 bridgehead atoms. The molecule has 1 saturated carbocycles. The number of piperidine rings is 1. The number of carbonyl (C=O) groups excluding carboxylic acids is 1. The molecule has 0 spiro atoms. The zero-order valence-corrected chi connectivity index (χ0v) is 13.0. The highest BCUT2D eigenvalue weighted by Gasteiger charge is 2.50. The summed E-state index contributed by atoms with van der Waals surface area (Å²) < 4.78 is 0. The fourth-order valence-corrected chi connectivity index (χ4v) is 3.46. The zero-order valence-electron chi connectivity index (χ0n) is 13.0. The van der Waals surface area contributed by atoms with E-state index in [9.17, 15) is 9.59 Å². The van der Waals surface area contributed by atoms with Crippen molar-refractivity contribution in [3.05, 3.63) is 35.4 Å². The van der Waals surface area contributed by atoms with E-state index in [1.165, 1.54) is 11.1 Å². The maximum Gasteiger partial charge on any atom is 0.307 e. The number of rotatable bonds is 4. The first kappa shape index (κ1) is 15.1. The van der Waals surface area contributed by atoms with E-state index in [-0.39, 0.29) is 11.8 Å². The molecule has 1 N–H and O–H groups in total. The van der Waals surface area contributed by atoms with Crippen LogP contribution in [0.3, 0.4) is 0 Å². The molecule has 1 aliphatic carbocycles. The molecule has 4 heteroatoms. The van der Waals surface area contributed by atoms with Gasteiger partial charge in [-0.3, -0.25) is 9.59 Å². The van der Waals surface area contributed by atoms with Crippen molar-refractivity contribution in [2.45, 2.75) is 32.6 Å². The summed E-state index contributed by atoms with van der Waals surface area (Å²) in [6.07, 6.45) is 3.68. The van der Waals surface area contributed by atoms with Crippen LogP contribution in [0.4, 0.5) is 0 Å². The summed E-state index contributed by atoms with van der Waals surface area (Å²) in [6.45, 7) is 3.64. The van der Waals surface area contributed by atoms with Crippen LogP contribution in [0.25, 0.3) is 0 Å². The van der Waals surface area contributed by atoms with Gasteiger partial charge in [-0.15, -0.1) is 0 Å². The molecule has 4 nitrogen and oxygen atoms in total. The molecule has 0 aromatic heterocycles. The number of benzene rings is 1. The molecule has 2 aliphatic rings. The van der Waals surface area contributed by atoms with Crippen molar-refractivity contribution in [2.75, 3.05) is 13.1 Å². The van der Waals surface area contributed by atoms with Crippen molar-refractivity contribution >= 4 is 11.9 Å². The lowest BCUT2D eigenvalue weighted by Crippen LogP contribution is -2.41. The summed E-state index contributed by atoms with van der Waals surface area (Å²) in [5.74, 6) is -0.990. The average Bonchev–Trinajstić information content (AvgIpc) is 3.30. The summed E-state index contributed by atoms with van der Waals surface area (Å²) in [5, 5.41) is 8.97. The smallest absolute Gasteiger partial charge is 0.307 e. The highest BCUT2D eigenvalue weighted by Crippen LogP contribution is 2.40. The number of hydrogen-bond acceptors (Lipinski definition) is 2. The molecule has 22 heavy (non-hydrogen) atoms. The molecule has 3 rings (SSSR count). The van der Waals surface area contributed by atoms with Gasteiger partial charge in [0.05, 0.1) is 11.8 Å². The van der Waals surface area contributed by atoms with Crippen LogP contribution in [0.2, 0.25) is 0 Å². The van der Waals surface area contributed by atoms with E-state index in [2.05, 4.69) is 31.2 Å². The summed E-state index contributed by atoms with van der Waals surface area (Å²) in [4.78, 5) is 25.2. The molecule has 1 saturated heterocycles. The Bertz CT molecular complexity index is 566. The Morgan fingerprint density at radius 2 is 1.95 bits per heavy atom. The molecule has 1 aliphatic heterocycles. The molecule has 1 aromatic rings. The van der Waals surface area contributed by atoms with Gasteiger partial charge in [0, 0.05) is 13.1 Å². The second-order valence-electron chi connectivity index (χ2n) is 6.77. The molecule has 3 atom stereocenters. The van der Waals surface area contributed by atoms with E-state index in [0.29, 0.717) is 12.3 Å². The van der Waals surface area contributed by atoms with Crippen molar-refractivity contribution in [2.24, 2.45) is 17.8 Å². The number of carboxylic acids is 1. The molecule has 118 valence electrons. The Morgan fingerprint density at radius 1 is 1.23 bits per heavy atom. The fraction of sp³-hybridized carbons (Fsp3) is 0.556. The predicted octanol–water partition coefficient (Wildman–Crippen LogP) is 2.50. The van der Waals surface area contributed by atoms with Gasteiger partial charge < -0.3 is 10.0 Å². The normalized spacial score (nSPS) is 27.5. The van der Waals surface area contributed by atoms with Crippen LogP contribution >= 0.6 is 0 Å². The molecule has 1 amide bonds. The molecular formula is C18H23NO3. The standard InChI is InChI=1S/C18H23NO3/c1-12-4-6-13(7-5-12)9-14-3-2-8-19(11-14)17(20)15-10-16(15)18(21)22/h4-7,14-16H,2-3,8-11H2,1H3,(H,21,22). The van der Waals surface area contributed by atoms with Gasteiger partial charge in [0.2, 0.25) is 5.91 Å². The van der Waals surface area contributed by atoms with Gasteiger partial charge in [0.1, 0.15) is 0 Å². The number of likely N-dealkylation sites (tertiary alicyclic amines) is 1. The van der Waals surface area contributed by atoms with E-state index in [1.807, 2.05) is 4.90 Å². The van der Waals surface area contributed by atoms with Gasteiger partial charge in [0.15, 0.2) is 0 Å². The number of amides is 1. The van der Waals surface area contributed by atoms with Crippen LogP contribution in [-0.4, -0.2) is 35.0 Å². The van der Waals surface area contributed by atoms with Gasteiger partial charge in [-0.2, -0.15) is 0 Å². The fourth-order valence-electron chi connectivity index (χ4n) is 3.46. The zero-order chi connectivity index (χ0) is 15.7. The number of carbonyl (C=O) groups is 2. The summed E-state index contributed by atoms with van der Waals surface area (Å²) >= 11 is 0. The van der Waals surface area contributed by atoms with Crippen LogP contribution in [0.15, 0.2) is 24.3 Å². The third-order valence-electron chi connectivity index (χ3n) is 4.90. The van der Waals surface area contributed by atoms with E-state index < -0.39 is 11.9 Å². The minimum Gasteiger partial charge on any atom is -0.481 e. The van der Waals surface area contributed by atoms with Crippen LogP contribution in [0.5, 0.6) is 0 Å². The van der Waals surface area contributed by atoms with Crippen molar-refractivity contribution < 1.29 is 14.7 Å². The van der Waals surface area contributed by atoms with Gasteiger partial charge in [-0.25, -0.2) is 0 Å². The topological polar surface area (TPSA) is 57.6 Å². The maximum absolute atomic E-state index is 12.4. The second-order valence-corrected chi connectivity index (χ2v) is 6.77. The minimum absolute atomic E-state index is 0.0565. The van der Waals surface area contributed by atoms with Crippen molar-refractivity contribution in [1.29, 1.82) is 0 Å². The average molecular weight is 301 g/mol. The lowest BCUT2D eigenvalue weighted by atomic mass is 9.91. The first-order valence-electron chi connectivity index (χ1n) is 8.11. The van der Waals surface area contributed by atoms with Crippen molar-refractivity contribution in [3.8, 4) is 0 Å². The molecule has 1 heterocycles. The molecule has 3 unspecified atom stereocenters. The van der Waals surface area contributed by atoms with Gasteiger partial charge >= 0.3 is 5.97 Å². The number of carboxylic acid groups (broad SMARTS) is 1. The van der Waals surface area contributed by atoms with Crippen molar-refractivity contribution in [3.63, 3.8) is 0 Å². The first-order valence-corrected chi connectivity index (χ1v) is 8.11. The number of hydrogen-bond donors (Lipinski definition) is 1. The van der Waals surface area contributed by atoms with E-state index in [4.69, 9.17) is 5.11 Å².